The molecule has 20 heavy (non-hydrogen) atoms. The van der Waals surface area contributed by atoms with E-state index in [1.165, 1.54) is 0 Å². The van der Waals surface area contributed by atoms with Crippen molar-refractivity contribution in [3.8, 4) is 0 Å². The molecule has 1 aromatic heterocycles. The molecule has 6 heteroatoms. The van der Waals surface area contributed by atoms with Gasteiger partial charge in [-0.2, -0.15) is 11.8 Å². The standard InChI is InChI=1S/C14H18N2O3S/c1-20-9-10(6-7-17)15-14(18)8-12-11-4-2-3-5-13(11)19-16-12/h2-5,10,17H,6-9H2,1H3,(H,15,18). The summed E-state index contributed by atoms with van der Waals surface area (Å²) < 4.78 is 5.18. The Bertz CT molecular complexity index is 564. The van der Waals surface area contributed by atoms with Gasteiger partial charge in [0.25, 0.3) is 0 Å². The zero-order valence-electron chi connectivity index (χ0n) is 11.3. The molecular weight excluding hydrogens is 276 g/mol. The zero-order valence-corrected chi connectivity index (χ0v) is 12.2. The number of amides is 1. The van der Waals surface area contributed by atoms with Gasteiger partial charge in [0.1, 0.15) is 5.69 Å². The lowest BCUT2D eigenvalue weighted by Gasteiger charge is -2.16. The number of thioether (sulfide) groups is 1. The van der Waals surface area contributed by atoms with Crippen molar-refractivity contribution >= 4 is 28.6 Å². The normalized spacial score (nSPS) is 12.5. The summed E-state index contributed by atoms with van der Waals surface area (Å²) in [5.74, 6) is 0.683. The summed E-state index contributed by atoms with van der Waals surface area (Å²) >= 11 is 1.64. The van der Waals surface area contributed by atoms with Crippen molar-refractivity contribution in [1.82, 2.24) is 10.5 Å². The van der Waals surface area contributed by atoms with Crippen LogP contribution in [0, 0.1) is 0 Å². The van der Waals surface area contributed by atoms with Crippen LogP contribution >= 0.6 is 11.8 Å². The highest BCUT2D eigenvalue weighted by atomic mass is 32.2. The molecule has 2 aromatic rings. The summed E-state index contributed by atoms with van der Waals surface area (Å²) in [5, 5.41) is 16.7. The predicted molar refractivity (Wildman–Crippen MR) is 79.7 cm³/mol. The van der Waals surface area contributed by atoms with Gasteiger partial charge in [0.15, 0.2) is 5.58 Å². The molecule has 0 aliphatic carbocycles. The predicted octanol–water partition coefficient (Wildman–Crippen LogP) is 1.60. The van der Waals surface area contributed by atoms with Gasteiger partial charge in [-0.05, 0) is 24.8 Å². The van der Waals surface area contributed by atoms with Gasteiger partial charge in [-0.1, -0.05) is 17.3 Å². The molecule has 2 N–H and O–H groups in total. The number of aromatic nitrogens is 1. The van der Waals surface area contributed by atoms with E-state index in [1.54, 1.807) is 11.8 Å². The first-order valence-corrected chi connectivity index (χ1v) is 7.86. The van der Waals surface area contributed by atoms with Crippen molar-refractivity contribution in [2.75, 3.05) is 18.6 Å². The topological polar surface area (TPSA) is 75.4 Å². The maximum Gasteiger partial charge on any atom is 0.226 e. The number of carbonyl (C=O) groups excluding carboxylic acids is 1. The second kappa shape index (κ2) is 7.31. The molecule has 108 valence electrons. The van der Waals surface area contributed by atoms with Crippen LogP contribution < -0.4 is 5.32 Å². The molecule has 0 saturated heterocycles. The largest absolute Gasteiger partial charge is 0.396 e. The maximum absolute atomic E-state index is 12.0. The van der Waals surface area contributed by atoms with E-state index in [2.05, 4.69) is 10.5 Å². The Morgan fingerprint density at radius 2 is 2.30 bits per heavy atom. The van der Waals surface area contributed by atoms with Crippen LogP contribution in [0.4, 0.5) is 0 Å². The SMILES string of the molecule is CSCC(CCO)NC(=O)Cc1noc2ccccc12. The number of nitrogens with zero attached hydrogens (tertiary/aromatic N) is 1. The number of hydrogen-bond donors (Lipinski definition) is 2. The van der Waals surface area contributed by atoms with E-state index in [4.69, 9.17) is 9.63 Å². The highest BCUT2D eigenvalue weighted by Gasteiger charge is 2.15. The summed E-state index contributed by atoms with van der Waals surface area (Å²) in [7, 11) is 0. The molecule has 0 bridgehead atoms. The highest BCUT2D eigenvalue weighted by molar-refractivity contribution is 7.98. The molecule has 0 aliphatic rings. The highest BCUT2D eigenvalue weighted by Crippen LogP contribution is 2.18. The Balaban J connectivity index is 2.00. The molecular formula is C14H18N2O3S. The minimum Gasteiger partial charge on any atom is -0.396 e. The fraction of sp³-hybridized carbons (Fsp3) is 0.429. The Morgan fingerprint density at radius 3 is 3.05 bits per heavy atom. The van der Waals surface area contributed by atoms with E-state index in [0.717, 1.165) is 11.1 Å². The van der Waals surface area contributed by atoms with Crippen LogP contribution in [0.2, 0.25) is 0 Å². The van der Waals surface area contributed by atoms with Crippen molar-refractivity contribution in [2.45, 2.75) is 18.9 Å². The van der Waals surface area contributed by atoms with Gasteiger partial charge in [0.2, 0.25) is 5.91 Å². The first-order chi connectivity index (χ1) is 9.74. The molecule has 0 spiro atoms. The number of para-hydroxylation sites is 1. The second-order valence-corrected chi connectivity index (χ2v) is 5.44. The third-order valence-electron chi connectivity index (χ3n) is 2.99. The summed E-state index contributed by atoms with van der Waals surface area (Å²) in [5.41, 5.74) is 1.33. The monoisotopic (exact) mass is 294 g/mol. The third kappa shape index (κ3) is 3.74. The van der Waals surface area contributed by atoms with E-state index >= 15 is 0 Å². The van der Waals surface area contributed by atoms with E-state index in [1.807, 2.05) is 30.5 Å². The summed E-state index contributed by atoms with van der Waals surface area (Å²) in [6, 6.07) is 7.46. The molecule has 0 fully saturated rings. The molecule has 1 unspecified atom stereocenters. The van der Waals surface area contributed by atoms with Crippen LogP contribution in [0.5, 0.6) is 0 Å². The van der Waals surface area contributed by atoms with Crippen LogP contribution in [0.15, 0.2) is 28.8 Å². The van der Waals surface area contributed by atoms with E-state index < -0.39 is 0 Å². The lowest BCUT2D eigenvalue weighted by molar-refractivity contribution is -0.121. The van der Waals surface area contributed by atoms with Gasteiger partial charge in [0, 0.05) is 23.8 Å². The Morgan fingerprint density at radius 1 is 1.50 bits per heavy atom. The number of aliphatic hydroxyl groups is 1. The van der Waals surface area contributed by atoms with Gasteiger partial charge in [-0.25, -0.2) is 0 Å². The molecule has 1 atom stereocenters. The Kier molecular flexibility index (Phi) is 5.43. The number of aliphatic hydroxyl groups excluding tert-OH is 1. The van der Waals surface area contributed by atoms with E-state index in [-0.39, 0.29) is 25.0 Å². The fourth-order valence-corrected chi connectivity index (χ4v) is 2.70. The molecule has 1 aromatic carbocycles. The van der Waals surface area contributed by atoms with Gasteiger partial charge in [-0.15, -0.1) is 0 Å². The summed E-state index contributed by atoms with van der Waals surface area (Å²) in [6.45, 7) is 0.0679. The second-order valence-electron chi connectivity index (χ2n) is 4.53. The molecule has 0 aliphatic heterocycles. The molecule has 0 saturated carbocycles. The Labute approximate surface area is 121 Å². The van der Waals surface area contributed by atoms with Crippen LogP contribution in [0.25, 0.3) is 11.0 Å². The van der Waals surface area contributed by atoms with Crippen molar-refractivity contribution in [3.63, 3.8) is 0 Å². The number of hydrogen-bond acceptors (Lipinski definition) is 5. The first kappa shape index (κ1) is 14.9. The molecule has 5 nitrogen and oxygen atoms in total. The number of fused-ring (bicyclic) bond motifs is 1. The fourth-order valence-electron chi connectivity index (χ4n) is 2.05. The average molecular weight is 294 g/mol. The van der Waals surface area contributed by atoms with Gasteiger partial charge in [0.05, 0.1) is 6.42 Å². The van der Waals surface area contributed by atoms with Gasteiger partial charge in [-0.3, -0.25) is 4.79 Å². The number of nitrogens with one attached hydrogen (secondary N) is 1. The third-order valence-corrected chi connectivity index (χ3v) is 3.73. The van der Waals surface area contributed by atoms with Crippen LogP contribution in [0.3, 0.4) is 0 Å². The minimum absolute atomic E-state index is 0.0133. The lowest BCUT2D eigenvalue weighted by Crippen LogP contribution is -2.38. The van der Waals surface area contributed by atoms with E-state index in [9.17, 15) is 4.79 Å². The van der Waals surface area contributed by atoms with Crippen molar-refractivity contribution in [3.05, 3.63) is 30.0 Å². The minimum atomic E-state index is -0.100. The van der Waals surface area contributed by atoms with Crippen molar-refractivity contribution < 1.29 is 14.4 Å². The number of rotatable bonds is 7. The average Bonchev–Trinajstić information content (AvgIpc) is 2.83. The van der Waals surface area contributed by atoms with Crippen molar-refractivity contribution in [2.24, 2.45) is 0 Å². The lowest BCUT2D eigenvalue weighted by atomic mass is 10.1. The Hall–Kier alpha value is -1.53. The molecule has 0 radical (unpaired) electrons. The number of carbonyl (C=O) groups is 1. The van der Waals surface area contributed by atoms with Crippen LogP contribution in [-0.2, 0) is 11.2 Å². The number of benzene rings is 1. The summed E-state index contributed by atoms with van der Waals surface area (Å²) in [6.07, 6.45) is 2.72. The zero-order chi connectivity index (χ0) is 14.4. The van der Waals surface area contributed by atoms with Gasteiger partial charge < -0.3 is 14.9 Å². The smallest absolute Gasteiger partial charge is 0.226 e. The quantitative estimate of drug-likeness (QED) is 0.811. The first-order valence-electron chi connectivity index (χ1n) is 6.47. The van der Waals surface area contributed by atoms with Crippen molar-refractivity contribution in [1.29, 1.82) is 0 Å². The van der Waals surface area contributed by atoms with Crippen LogP contribution in [0.1, 0.15) is 12.1 Å². The molecule has 1 amide bonds. The van der Waals surface area contributed by atoms with Crippen LogP contribution in [-0.4, -0.2) is 40.8 Å². The van der Waals surface area contributed by atoms with Gasteiger partial charge >= 0.3 is 0 Å². The van der Waals surface area contributed by atoms with E-state index in [0.29, 0.717) is 17.7 Å². The molecule has 1 heterocycles. The summed E-state index contributed by atoms with van der Waals surface area (Å²) in [4.78, 5) is 12.0. The molecule has 2 rings (SSSR count). The maximum atomic E-state index is 12.0.